The summed E-state index contributed by atoms with van der Waals surface area (Å²) in [7, 11) is 0. The molecule has 0 bridgehead atoms. The third kappa shape index (κ3) is 2.78. The lowest BCUT2D eigenvalue weighted by Crippen LogP contribution is -2.36. The molecule has 0 radical (unpaired) electrons. The molecule has 3 heteroatoms. The molecule has 1 N–H and O–H groups in total. The summed E-state index contributed by atoms with van der Waals surface area (Å²) in [5.74, 6) is 0. The van der Waals surface area contributed by atoms with Crippen LogP contribution in [0.25, 0.3) is 0 Å². The molecular formula is C17H23N3. The van der Waals surface area contributed by atoms with Crippen LogP contribution in [-0.4, -0.2) is 15.6 Å². The maximum absolute atomic E-state index is 4.19. The summed E-state index contributed by atoms with van der Waals surface area (Å²) in [5.41, 5.74) is 1.39. The van der Waals surface area contributed by atoms with Crippen LogP contribution in [0.1, 0.15) is 50.3 Å². The molecule has 3 atom stereocenters. The van der Waals surface area contributed by atoms with Gasteiger partial charge in [-0.15, -0.1) is 0 Å². The summed E-state index contributed by atoms with van der Waals surface area (Å²) in [5, 5.41) is 3.87. The number of hydrogen-bond donors (Lipinski definition) is 1. The molecule has 3 rings (SSSR count). The normalized spacial score (nSPS) is 23.9. The second-order valence-corrected chi connectivity index (χ2v) is 5.65. The van der Waals surface area contributed by atoms with Gasteiger partial charge in [0.15, 0.2) is 0 Å². The van der Waals surface area contributed by atoms with Gasteiger partial charge in [-0.25, -0.2) is 4.98 Å². The maximum atomic E-state index is 4.19. The van der Waals surface area contributed by atoms with E-state index in [-0.39, 0.29) is 0 Å². The van der Waals surface area contributed by atoms with E-state index in [2.05, 4.69) is 58.3 Å². The van der Waals surface area contributed by atoms with Crippen LogP contribution in [0.3, 0.4) is 0 Å². The van der Waals surface area contributed by atoms with Gasteiger partial charge in [0.2, 0.25) is 0 Å². The molecule has 1 aromatic carbocycles. The van der Waals surface area contributed by atoms with Crippen molar-refractivity contribution in [1.29, 1.82) is 0 Å². The molecule has 1 aromatic heterocycles. The van der Waals surface area contributed by atoms with Gasteiger partial charge in [-0.3, -0.25) is 0 Å². The van der Waals surface area contributed by atoms with Gasteiger partial charge in [-0.05, 0) is 31.2 Å². The van der Waals surface area contributed by atoms with Crippen molar-refractivity contribution in [1.82, 2.24) is 14.9 Å². The van der Waals surface area contributed by atoms with Crippen molar-refractivity contribution in [3.8, 4) is 0 Å². The number of rotatable bonds is 5. The quantitative estimate of drug-likeness (QED) is 0.896. The smallest absolute Gasteiger partial charge is 0.0949 e. The summed E-state index contributed by atoms with van der Waals surface area (Å²) in [6, 6.07) is 12.3. The van der Waals surface area contributed by atoms with Gasteiger partial charge in [-0.1, -0.05) is 37.3 Å². The summed E-state index contributed by atoms with van der Waals surface area (Å²) in [4.78, 5) is 4.19. The molecule has 0 spiro atoms. The minimum Gasteiger partial charge on any atom is -0.333 e. The van der Waals surface area contributed by atoms with Crippen molar-refractivity contribution in [3.63, 3.8) is 0 Å². The highest BCUT2D eigenvalue weighted by Crippen LogP contribution is 2.32. The molecule has 0 amide bonds. The average molecular weight is 269 g/mol. The molecule has 0 aliphatic heterocycles. The summed E-state index contributed by atoms with van der Waals surface area (Å²) < 4.78 is 2.27. The van der Waals surface area contributed by atoms with Crippen LogP contribution < -0.4 is 5.32 Å². The molecule has 3 unspecified atom stereocenters. The Morgan fingerprint density at radius 1 is 1.30 bits per heavy atom. The fourth-order valence-corrected chi connectivity index (χ4v) is 3.35. The van der Waals surface area contributed by atoms with Gasteiger partial charge in [0, 0.05) is 30.5 Å². The Morgan fingerprint density at radius 3 is 2.85 bits per heavy atom. The van der Waals surface area contributed by atoms with Crippen LogP contribution in [0, 0.1) is 0 Å². The Balaban J connectivity index is 1.72. The molecule has 1 fully saturated rings. The fourth-order valence-electron chi connectivity index (χ4n) is 3.35. The Hall–Kier alpha value is -1.61. The highest BCUT2D eigenvalue weighted by Gasteiger charge is 2.29. The lowest BCUT2D eigenvalue weighted by molar-refractivity contribution is 0.348. The lowest BCUT2D eigenvalue weighted by atomic mass is 10.0. The summed E-state index contributed by atoms with van der Waals surface area (Å²) in [6.45, 7) is 2.26. The zero-order valence-electron chi connectivity index (χ0n) is 12.1. The third-order valence-corrected chi connectivity index (χ3v) is 4.41. The average Bonchev–Trinajstić information content (AvgIpc) is 3.16. The van der Waals surface area contributed by atoms with Crippen molar-refractivity contribution in [2.45, 2.75) is 50.7 Å². The van der Waals surface area contributed by atoms with E-state index in [1.54, 1.807) is 0 Å². The first-order chi connectivity index (χ1) is 9.88. The molecule has 0 saturated heterocycles. The topological polar surface area (TPSA) is 29.9 Å². The third-order valence-electron chi connectivity index (χ3n) is 4.41. The number of benzene rings is 1. The molecule has 106 valence electrons. The number of imidazole rings is 1. The second-order valence-electron chi connectivity index (χ2n) is 5.65. The van der Waals surface area contributed by atoms with Crippen molar-refractivity contribution in [2.75, 3.05) is 0 Å². The van der Waals surface area contributed by atoms with Crippen molar-refractivity contribution in [2.24, 2.45) is 0 Å². The van der Waals surface area contributed by atoms with Gasteiger partial charge in [-0.2, -0.15) is 0 Å². The zero-order chi connectivity index (χ0) is 13.8. The van der Waals surface area contributed by atoms with Crippen LogP contribution in [0.5, 0.6) is 0 Å². The highest BCUT2D eigenvalue weighted by atomic mass is 15.1. The van der Waals surface area contributed by atoms with Crippen LogP contribution in [0.4, 0.5) is 0 Å². The second kappa shape index (κ2) is 6.23. The van der Waals surface area contributed by atoms with Gasteiger partial charge >= 0.3 is 0 Å². The van der Waals surface area contributed by atoms with Crippen molar-refractivity contribution >= 4 is 0 Å². The van der Waals surface area contributed by atoms with Gasteiger partial charge < -0.3 is 9.88 Å². The SMILES string of the molecule is CCC(NC1CCCC1n1ccnc1)c1ccccc1. The summed E-state index contributed by atoms with van der Waals surface area (Å²) in [6.07, 6.45) is 10.8. The van der Waals surface area contributed by atoms with E-state index in [0.717, 1.165) is 6.42 Å². The van der Waals surface area contributed by atoms with Crippen LogP contribution in [-0.2, 0) is 0 Å². The first kappa shape index (κ1) is 13.4. The largest absolute Gasteiger partial charge is 0.333 e. The highest BCUT2D eigenvalue weighted by molar-refractivity contribution is 5.19. The Kier molecular flexibility index (Phi) is 4.16. The minimum atomic E-state index is 0.449. The van der Waals surface area contributed by atoms with E-state index in [9.17, 15) is 0 Å². The molecular weight excluding hydrogens is 246 g/mol. The lowest BCUT2D eigenvalue weighted by Gasteiger charge is -2.27. The van der Waals surface area contributed by atoms with E-state index in [4.69, 9.17) is 0 Å². The molecule has 1 saturated carbocycles. The Bertz CT molecular complexity index is 506. The fraction of sp³-hybridized carbons (Fsp3) is 0.471. The number of nitrogens with zero attached hydrogens (tertiary/aromatic N) is 2. The van der Waals surface area contributed by atoms with Crippen LogP contribution in [0.2, 0.25) is 0 Å². The van der Waals surface area contributed by atoms with E-state index >= 15 is 0 Å². The van der Waals surface area contributed by atoms with Gasteiger partial charge in [0.25, 0.3) is 0 Å². The Morgan fingerprint density at radius 2 is 2.15 bits per heavy atom. The molecule has 20 heavy (non-hydrogen) atoms. The van der Waals surface area contributed by atoms with Crippen molar-refractivity contribution < 1.29 is 0 Å². The van der Waals surface area contributed by atoms with E-state index in [1.807, 2.05) is 12.5 Å². The predicted octanol–water partition coefficient (Wildman–Crippen LogP) is 3.72. The van der Waals surface area contributed by atoms with E-state index in [1.165, 1.54) is 24.8 Å². The molecule has 2 aromatic rings. The standard InChI is InChI=1S/C17H23N3/c1-2-15(14-7-4-3-5-8-14)19-16-9-6-10-17(16)20-12-11-18-13-20/h3-5,7-8,11-13,15-17,19H,2,6,9-10H2,1H3. The molecule has 1 aliphatic carbocycles. The first-order valence-corrected chi connectivity index (χ1v) is 7.67. The van der Waals surface area contributed by atoms with Crippen molar-refractivity contribution in [3.05, 3.63) is 54.6 Å². The van der Waals surface area contributed by atoms with E-state index in [0.29, 0.717) is 18.1 Å². The van der Waals surface area contributed by atoms with Crippen LogP contribution in [0.15, 0.2) is 49.1 Å². The number of nitrogens with one attached hydrogen (secondary N) is 1. The maximum Gasteiger partial charge on any atom is 0.0949 e. The number of aromatic nitrogens is 2. The van der Waals surface area contributed by atoms with E-state index < -0.39 is 0 Å². The molecule has 3 nitrogen and oxygen atoms in total. The van der Waals surface area contributed by atoms with Crippen LogP contribution >= 0.6 is 0 Å². The number of hydrogen-bond acceptors (Lipinski definition) is 2. The Labute approximate surface area is 121 Å². The first-order valence-electron chi connectivity index (χ1n) is 7.67. The zero-order valence-corrected chi connectivity index (χ0v) is 12.1. The minimum absolute atomic E-state index is 0.449. The molecule has 1 heterocycles. The summed E-state index contributed by atoms with van der Waals surface area (Å²) >= 11 is 0. The monoisotopic (exact) mass is 269 g/mol. The molecule has 1 aliphatic rings. The predicted molar refractivity (Wildman–Crippen MR) is 81.5 cm³/mol. The van der Waals surface area contributed by atoms with Gasteiger partial charge in [0.1, 0.15) is 0 Å². The van der Waals surface area contributed by atoms with Gasteiger partial charge in [0.05, 0.1) is 6.33 Å².